The molecule has 10 heavy (non-hydrogen) atoms. The van der Waals surface area contributed by atoms with E-state index in [1.54, 1.807) is 6.07 Å². The molecule has 0 amide bonds. The summed E-state index contributed by atoms with van der Waals surface area (Å²) in [5.74, 6) is -0.552. The van der Waals surface area contributed by atoms with E-state index in [0.717, 1.165) is 0 Å². The number of hydrogen-bond acceptors (Lipinski definition) is 1. The van der Waals surface area contributed by atoms with Crippen LogP contribution in [0.5, 0.6) is 0 Å². The quantitative estimate of drug-likeness (QED) is 0.680. The van der Waals surface area contributed by atoms with E-state index in [4.69, 9.17) is 0 Å². The van der Waals surface area contributed by atoms with Crippen LogP contribution in [0.2, 0.25) is 0 Å². The predicted octanol–water partition coefficient (Wildman–Crippen LogP) is 2.05. The van der Waals surface area contributed by atoms with Gasteiger partial charge in [0, 0.05) is 4.47 Å². The Hall–Kier alpha value is -0.700. The molecule has 0 fully saturated rings. The minimum absolute atomic E-state index is 0.0387. The zero-order valence-electron chi connectivity index (χ0n) is 4.90. The monoisotopic (exact) mass is 201 g/mol. The molecule has 0 aliphatic heterocycles. The molecular weight excluding hydrogens is 199 g/mol. The molecule has 0 bridgehead atoms. The van der Waals surface area contributed by atoms with Crippen LogP contribution in [-0.4, -0.2) is 6.29 Å². The molecule has 0 heterocycles. The Morgan fingerprint density at radius 2 is 2.20 bits per heavy atom. The van der Waals surface area contributed by atoms with Gasteiger partial charge in [-0.1, -0.05) is 15.9 Å². The Kier molecular flexibility index (Phi) is 2.17. The van der Waals surface area contributed by atoms with Gasteiger partial charge in [0.05, 0.1) is 5.56 Å². The minimum atomic E-state index is -0.552. The van der Waals surface area contributed by atoms with Crippen molar-refractivity contribution in [1.29, 1.82) is 0 Å². The van der Waals surface area contributed by atoms with E-state index >= 15 is 0 Å². The molecule has 1 aromatic carbocycles. The molecule has 0 unspecified atom stereocenters. The van der Waals surface area contributed by atoms with E-state index in [1.165, 1.54) is 18.4 Å². The van der Waals surface area contributed by atoms with Crippen molar-refractivity contribution < 1.29 is 9.18 Å². The topological polar surface area (TPSA) is 17.1 Å². The Bertz CT molecular complexity index is 260. The molecule has 3 heteroatoms. The molecule has 1 radical (unpaired) electrons. The van der Waals surface area contributed by atoms with Gasteiger partial charge in [-0.2, -0.15) is 0 Å². The molecule has 0 aromatic heterocycles. The Morgan fingerprint density at radius 1 is 1.50 bits per heavy atom. The van der Waals surface area contributed by atoms with Crippen molar-refractivity contribution in [3.05, 3.63) is 34.1 Å². The zero-order valence-corrected chi connectivity index (χ0v) is 6.48. The van der Waals surface area contributed by atoms with Crippen molar-refractivity contribution in [2.24, 2.45) is 0 Å². The summed E-state index contributed by atoms with van der Waals surface area (Å²) in [5.41, 5.74) is -0.0387. The predicted molar refractivity (Wildman–Crippen MR) is 38.9 cm³/mol. The van der Waals surface area contributed by atoms with Crippen molar-refractivity contribution in [3.63, 3.8) is 0 Å². The fourth-order valence-corrected chi connectivity index (χ4v) is 0.905. The van der Waals surface area contributed by atoms with Crippen LogP contribution in [0.15, 0.2) is 22.7 Å². The molecule has 0 N–H and O–H groups in total. The van der Waals surface area contributed by atoms with E-state index in [1.807, 2.05) is 0 Å². The van der Waals surface area contributed by atoms with Crippen LogP contribution >= 0.6 is 15.9 Å². The summed E-state index contributed by atoms with van der Waals surface area (Å²) in [6.45, 7) is 0. The first-order valence-electron chi connectivity index (χ1n) is 2.57. The smallest absolute Gasteiger partial charge is 0.236 e. The van der Waals surface area contributed by atoms with E-state index in [2.05, 4.69) is 15.9 Å². The third-order valence-corrected chi connectivity index (χ3v) is 1.53. The Balaban J connectivity index is 3.19. The van der Waals surface area contributed by atoms with Gasteiger partial charge in [0.2, 0.25) is 6.29 Å². The van der Waals surface area contributed by atoms with Crippen LogP contribution in [0, 0.1) is 5.82 Å². The van der Waals surface area contributed by atoms with Gasteiger partial charge in [0.25, 0.3) is 0 Å². The number of benzene rings is 1. The molecular formula is C7H3BrFO. The maximum atomic E-state index is 12.6. The molecule has 0 aliphatic carbocycles. The molecule has 1 aromatic rings. The maximum absolute atomic E-state index is 12.6. The molecule has 1 nitrogen and oxygen atoms in total. The van der Waals surface area contributed by atoms with Gasteiger partial charge in [0.15, 0.2) is 0 Å². The lowest BCUT2D eigenvalue weighted by atomic mass is 10.2. The summed E-state index contributed by atoms with van der Waals surface area (Å²) in [7, 11) is 0. The standard InChI is InChI=1S/C7H3BrFO/c8-6-2-1-5(4-10)7(9)3-6/h1-3H. The molecule has 0 saturated heterocycles. The lowest BCUT2D eigenvalue weighted by Gasteiger charge is -1.92. The number of halogens is 2. The minimum Gasteiger partial charge on any atom is -0.285 e. The number of carbonyl (C=O) groups excluding carboxylic acids is 1. The highest BCUT2D eigenvalue weighted by Crippen LogP contribution is 2.13. The summed E-state index contributed by atoms with van der Waals surface area (Å²) in [6.07, 6.45) is 1.48. The normalized spacial score (nSPS) is 9.40. The Morgan fingerprint density at radius 3 is 2.70 bits per heavy atom. The molecule has 0 spiro atoms. The molecule has 0 saturated carbocycles. The van der Waals surface area contributed by atoms with Crippen molar-refractivity contribution in [2.75, 3.05) is 0 Å². The first kappa shape index (κ1) is 7.41. The maximum Gasteiger partial charge on any atom is 0.236 e. The third-order valence-electron chi connectivity index (χ3n) is 1.04. The Labute approximate surface area is 66.0 Å². The largest absolute Gasteiger partial charge is 0.285 e. The number of hydrogen-bond donors (Lipinski definition) is 0. The van der Waals surface area contributed by atoms with Crippen molar-refractivity contribution in [1.82, 2.24) is 0 Å². The lowest BCUT2D eigenvalue weighted by Crippen LogP contribution is -1.85. The van der Waals surface area contributed by atoms with E-state index in [-0.39, 0.29) is 5.56 Å². The fourth-order valence-electron chi connectivity index (χ4n) is 0.572. The molecule has 51 valence electrons. The van der Waals surface area contributed by atoms with Crippen LogP contribution in [0.3, 0.4) is 0 Å². The summed E-state index contributed by atoms with van der Waals surface area (Å²) in [4.78, 5) is 9.96. The van der Waals surface area contributed by atoms with Crippen molar-refractivity contribution in [3.8, 4) is 0 Å². The van der Waals surface area contributed by atoms with Crippen LogP contribution < -0.4 is 0 Å². The first-order valence-corrected chi connectivity index (χ1v) is 3.36. The first-order chi connectivity index (χ1) is 4.74. The second-order valence-electron chi connectivity index (χ2n) is 1.73. The van der Waals surface area contributed by atoms with Crippen molar-refractivity contribution >= 4 is 22.2 Å². The fraction of sp³-hybridized carbons (Fsp3) is 0. The van der Waals surface area contributed by atoms with Gasteiger partial charge < -0.3 is 0 Å². The third kappa shape index (κ3) is 1.42. The van der Waals surface area contributed by atoms with Crippen LogP contribution in [0.4, 0.5) is 4.39 Å². The summed E-state index contributed by atoms with van der Waals surface area (Å²) >= 11 is 3.06. The number of rotatable bonds is 1. The van der Waals surface area contributed by atoms with Gasteiger partial charge in [-0.25, -0.2) is 4.39 Å². The SMILES string of the molecule is O=[C]c1ccc(Br)cc1F. The highest BCUT2D eigenvalue weighted by atomic mass is 79.9. The van der Waals surface area contributed by atoms with Crippen LogP contribution in [-0.2, 0) is 4.79 Å². The average molecular weight is 202 g/mol. The summed E-state index contributed by atoms with van der Waals surface area (Å²) in [5, 5.41) is 0. The average Bonchev–Trinajstić information content (AvgIpc) is 1.88. The highest BCUT2D eigenvalue weighted by Gasteiger charge is 1.99. The second-order valence-corrected chi connectivity index (χ2v) is 2.64. The van der Waals surface area contributed by atoms with E-state index < -0.39 is 5.82 Å². The van der Waals surface area contributed by atoms with Gasteiger partial charge in [-0.05, 0) is 18.2 Å². The van der Waals surface area contributed by atoms with Crippen LogP contribution in [0.25, 0.3) is 0 Å². The lowest BCUT2D eigenvalue weighted by molar-refractivity contribution is 0.556. The van der Waals surface area contributed by atoms with Crippen molar-refractivity contribution in [2.45, 2.75) is 0 Å². The van der Waals surface area contributed by atoms with Gasteiger partial charge in [-0.15, -0.1) is 0 Å². The van der Waals surface area contributed by atoms with E-state index in [9.17, 15) is 9.18 Å². The van der Waals surface area contributed by atoms with Crippen LogP contribution in [0.1, 0.15) is 5.56 Å². The van der Waals surface area contributed by atoms with Gasteiger partial charge in [0.1, 0.15) is 5.82 Å². The van der Waals surface area contributed by atoms with E-state index in [0.29, 0.717) is 4.47 Å². The molecule has 1 rings (SSSR count). The summed E-state index contributed by atoms with van der Waals surface area (Å²) in [6, 6.07) is 4.18. The highest BCUT2D eigenvalue weighted by molar-refractivity contribution is 9.10. The molecule has 0 aliphatic rings. The summed E-state index contributed by atoms with van der Waals surface area (Å²) < 4.78 is 13.2. The van der Waals surface area contributed by atoms with Gasteiger partial charge >= 0.3 is 0 Å². The molecule has 0 atom stereocenters. The second kappa shape index (κ2) is 2.92. The zero-order chi connectivity index (χ0) is 7.56. The van der Waals surface area contributed by atoms with Gasteiger partial charge in [-0.3, -0.25) is 4.79 Å².